The molecule has 2 atom stereocenters. The van der Waals surface area contributed by atoms with E-state index in [-0.39, 0.29) is 41.9 Å². The van der Waals surface area contributed by atoms with E-state index < -0.39 is 0 Å². The van der Waals surface area contributed by atoms with Crippen LogP contribution in [0, 0.1) is 0 Å². The Morgan fingerprint density at radius 3 is 2.67 bits per heavy atom. The normalized spacial score (nSPS) is 16.8. The largest absolute Gasteiger partial charge is 0.376 e. The first kappa shape index (κ1) is 23.8. The Kier molecular flexibility index (Phi) is 9.23. The molecule has 30 heavy (non-hydrogen) atoms. The van der Waals surface area contributed by atoms with Crippen molar-refractivity contribution in [3.05, 3.63) is 65.0 Å². The van der Waals surface area contributed by atoms with Crippen LogP contribution in [0.5, 0.6) is 0 Å². The van der Waals surface area contributed by atoms with Gasteiger partial charge in [0.1, 0.15) is 5.69 Å². The van der Waals surface area contributed by atoms with Gasteiger partial charge in [-0.1, -0.05) is 37.3 Å². The van der Waals surface area contributed by atoms with Crippen LogP contribution in [0.15, 0.2) is 42.5 Å². The number of benzene rings is 1. The molecule has 2 heterocycles. The molecule has 1 aromatic heterocycles. The lowest BCUT2D eigenvalue weighted by Gasteiger charge is -2.23. The van der Waals surface area contributed by atoms with Crippen LogP contribution in [0.25, 0.3) is 0 Å². The monoisotopic (exact) mass is 432 g/mol. The predicted octanol–water partition coefficient (Wildman–Crippen LogP) is 2.12. The van der Waals surface area contributed by atoms with Crippen LogP contribution in [0.4, 0.5) is 0 Å². The Morgan fingerprint density at radius 2 is 2.00 bits per heavy atom. The maximum absolute atomic E-state index is 12.7. The molecule has 0 saturated carbocycles. The third-order valence-electron chi connectivity index (χ3n) is 5.07. The minimum atomic E-state index is -0.317. The SMILES string of the molecule is CNC(=O)c1cc(C(=O)NCC[C@H]2CNCCO2)cc(C(C)c2ccccc2)n1.Cl. The Morgan fingerprint density at radius 1 is 1.23 bits per heavy atom. The number of aromatic nitrogens is 1. The number of nitrogens with zero attached hydrogens (tertiary/aromatic N) is 1. The molecule has 1 aliphatic rings. The van der Waals surface area contributed by atoms with E-state index in [2.05, 4.69) is 20.9 Å². The number of carbonyl (C=O) groups is 2. The van der Waals surface area contributed by atoms with Crippen molar-refractivity contribution < 1.29 is 14.3 Å². The van der Waals surface area contributed by atoms with Crippen LogP contribution in [-0.2, 0) is 4.74 Å². The van der Waals surface area contributed by atoms with Gasteiger partial charge in [-0.05, 0) is 24.1 Å². The number of nitrogens with one attached hydrogen (secondary N) is 3. The summed E-state index contributed by atoms with van der Waals surface area (Å²) in [6, 6.07) is 13.2. The second-order valence-electron chi connectivity index (χ2n) is 7.12. The molecule has 8 heteroatoms. The van der Waals surface area contributed by atoms with Crippen molar-refractivity contribution in [2.75, 3.05) is 33.3 Å². The summed E-state index contributed by atoms with van der Waals surface area (Å²) in [7, 11) is 1.55. The van der Waals surface area contributed by atoms with Gasteiger partial charge in [-0.3, -0.25) is 9.59 Å². The van der Waals surface area contributed by atoms with Gasteiger partial charge < -0.3 is 20.7 Å². The summed E-state index contributed by atoms with van der Waals surface area (Å²) in [5, 5.41) is 8.79. The highest BCUT2D eigenvalue weighted by molar-refractivity contribution is 5.98. The fraction of sp³-hybridized carbons (Fsp3) is 0.409. The van der Waals surface area contributed by atoms with Crippen molar-refractivity contribution in [1.82, 2.24) is 20.9 Å². The van der Waals surface area contributed by atoms with E-state index in [0.29, 0.717) is 24.4 Å². The molecule has 2 amide bonds. The molecular weight excluding hydrogens is 404 g/mol. The molecule has 1 aliphatic heterocycles. The van der Waals surface area contributed by atoms with Gasteiger partial charge in [-0.15, -0.1) is 12.4 Å². The molecule has 0 aliphatic carbocycles. The molecule has 1 fully saturated rings. The lowest BCUT2D eigenvalue weighted by atomic mass is 9.96. The number of halogens is 1. The maximum atomic E-state index is 12.7. The van der Waals surface area contributed by atoms with Crippen LogP contribution in [0.3, 0.4) is 0 Å². The number of rotatable bonds is 7. The average molecular weight is 433 g/mol. The molecular formula is C22H29ClN4O3. The smallest absolute Gasteiger partial charge is 0.269 e. The molecule has 1 unspecified atom stereocenters. The molecule has 1 aromatic carbocycles. The summed E-state index contributed by atoms with van der Waals surface area (Å²) in [4.78, 5) is 29.4. The van der Waals surface area contributed by atoms with Crippen LogP contribution in [0.1, 0.15) is 51.4 Å². The quantitative estimate of drug-likeness (QED) is 0.623. The summed E-state index contributed by atoms with van der Waals surface area (Å²) in [6.07, 6.45) is 0.843. The summed E-state index contributed by atoms with van der Waals surface area (Å²) >= 11 is 0. The van der Waals surface area contributed by atoms with Crippen molar-refractivity contribution in [1.29, 1.82) is 0 Å². The number of carbonyl (C=O) groups excluding carboxylic acids is 2. The number of ether oxygens (including phenoxy) is 1. The first-order chi connectivity index (χ1) is 14.1. The summed E-state index contributed by atoms with van der Waals surface area (Å²) in [5.41, 5.74) is 2.42. The van der Waals surface area contributed by atoms with E-state index in [0.717, 1.165) is 25.1 Å². The van der Waals surface area contributed by atoms with Crippen molar-refractivity contribution in [2.24, 2.45) is 0 Å². The topological polar surface area (TPSA) is 92.4 Å². The average Bonchev–Trinajstić information content (AvgIpc) is 2.79. The van der Waals surface area contributed by atoms with Gasteiger partial charge in [0.15, 0.2) is 0 Å². The minimum absolute atomic E-state index is 0. The summed E-state index contributed by atoms with van der Waals surface area (Å²) in [6.45, 7) is 4.88. The fourth-order valence-electron chi connectivity index (χ4n) is 3.32. The first-order valence-corrected chi connectivity index (χ1v) is 9.98. The van der Waals surface area contributed by atoms with E-state index in [1.807, 2.05) is 37.3 Å². The number of pyridine rings is 1. The molecule has 0 bridgehead atoms. The van der Waals surface area contributed by atoms with Crippen molar-refractivity contribution in [2.45, 2.75) is 25.4 Å². The summed E-state index contributed by atoms with van der Waals surface area (Å²) < 4.78 is 5.65. The molecule has 3 rings (SSSR count). The van der Waals surface area contributed by atoms with E-state index >= 15 is 0 Å². The van der Waals surface area contributed by atoms with Crippen molar-refractivity contribution in [3.8, 4) is 0 Å². The maximum Gasteiger partial charge on any atom is 0.269 e. The lowest BCUT2D eigenvalue weighted by Crippen LogP contribution is -2.40. The molecule has 1 saturated heterocycles. The summed E-state index contributed by atoms with van der Waals surface area (Å²) in [5.74, 6) is -0.584. The second-order valence-corrected chi connectivity index (χ2v) is 7.12. The number of morpholine rings is 1. The molecule has 3 N–H and O–H groups in total. The van der Waals surface area contributed by atoms with Gasteiger partial charge in [-0.2, -0.15) is 0 Å². The van der Waals surface area contributed by atoms with Gasteiger partial charge in [0.2, 0.25) is 0 Å². The van der Waals surface area contributed by atoms with Gasteiger partial charge in [-0.25, -0.2) is 4.98 Å². The van der Waals surface area contributed by atoms with E-state index in [4.69, 9.17) is 4.74 Å². The first-order valence-electron chi connectivity index (χ1n) is 9.98. The van der Waals surface area contributed by atoms with Crippen LogP contribution >= 0.6 is 12.4 Å². The predicted molar refractivity (Wildman–Crippen MR) is 118 cm³/mol. The Bertz CT molecular complexity index is 842. The van der Waals surface area contributed by atoms with Gasteiger partial charge in [0.05, 0.1) is 12.7 Å². The lowest BCUT2D eigenvalue weighted by molar-refractivity contribution is 0.0239. The second kappa shape index (κ2) is 11.6. The molecule has 7 nitrogen and oxygen atoms in total. The fourth-order valence-corrected chi connectivity index (χ4v) is 3.32. The number of hydrogen-bond donors (Lipinski definition) is 3. The highest BCUT2D eigenvalue weighted by Crippen LogP contribution is 2.23. The molecule has 162 valence electrons. The zero-order chi connectivity index (χ0) is 20.6. The third kappa shape index (κ3) is 6.26. The van der Waals surface area contributed by atoms with Gasteiger partial charge in [0.25, 0.3) is 11.8 Å². The van der Waals surface area contributed by atoms with Crippen LogP contribution < -0.4 is 16.0 Å². The minimum Gasteiger partial charge on any atom is -0.376 e. The highest BCUT2D eigenvalue weighted by atomic mass is 35.5. The zero-order valence-electron chi connectivity index (χ0n) is 17.3. The Balaban J connectivity index is 0.00000320. The molecule has 2 aromatic rings. The van der Waals surface area contributed by atoms with Gasteiger partial charge >= 0.3 is 0 Å². The zero-order valence-corrected chi connectivity index (χ0v) is 18.1. The number of hydrogen-bond acceptors (Lipinski definition) is 5. The standard InChI is InChI=1S/C22H28N4O3.ClH/c1-15(16-6-4-3-5-7-16)19-12-17(13-20(26-19)22(28)23-2)21(27)25-9-8-18-14-24-10-11-29-18;/h3-7,12-13,15,18,24H,8-11,14H2,1-2H3,(H,23,28)(H,25,27);1H/t15?,18-;/m0./s1. The Hall–Kier alpha value is -2.48. The Labute approximate surface area is 183 Å². The van der Waals surface area contributed by atoms with E-state index in [9.17, 15) is 9.59 Å². The van der Waals surface area contributed by atoms with Crippen molar-refractivity contribution >= 4 is 24.2 Å². The molecule has 0 radical (unpaired) electrons. The molecule has 0 spiro atoms. The van der Waals surface area contributed by atoms with Crippen LogP contribution in [0.2, 0.25) is 0 Å². The highest BCUT2D eigenvalue weighted by Gasteiger charge is 2.19. The third-order valence-corrected chi connectivity index (χ3v) is 5.07. The van der Waals surface area contributed by atoms with E-state index in [1.54, 1.807) is 13.1 Å². The number of amides is 2. The van der Waals surface area contributed by atoms with Crippen molar-refractivity contribution in [3.63, 3.8) is 0 Å². The van der Waals surface area contributed by atoms with Gasteiger partial charge in [0, 0.05) is 43.9 Å². The van der Waals surface area contributed by atoms with E-state index in [1.165, 1.54) is 6.07 Å². The van der Waals surface area contributed by atoms with Crippen LogP contribution in [-0.4, -0.2) is 56.2 Å².